The Morgan fingerprint density at radius 1 is 1.00 bits per heavy atom. The molecule has 6 rings (SSSR count). The molecule has 1 aromatic carbocycles. The maximum atomic E-state index is 12.1. The van der Waals surface area contributed by atoms with E-state index in [2.05, 4.69) is 41.5 Å². The Kier molecular flexibility index (Phi) is 8.53. The molecule has 4 bridgehead atoms. The van der Waals surface area contributed by atoms with Gasteiger partial charge >= 0.3 is 12.1 Å². The number of hydrogen-bond acceptors (Lipinski definition) is 4. The molecule has 1 saturated heterocycles. The lowest BCUT2D eigenvalue weighted by Crippen LogP contribution is -2.55. The monoisotopic (exact) mass is 535 g/mol. The molecule has 212 valence electrons. The van der Waals surface area contributed by atoms with E-state index in [1.165, 1.54) is 31.4 Å². The fourth-order valence-corrected chi connectivity index (χ4v) is 7.73. The van der Waals surface area contributed by atoms with Crippen LogP contribution in [0, 0.1) is 23.7 Å². The normalized spacial score (nSPS) is 32.9. The third-order valence-corrected chi connectivity index (χ3v) is 9.88. The number of fused-ring (bicyclic) bond motifs is 4. The van der Waals surface area contributed by atoms with Crippen molar-refractivity contribution < 1.29 is 19.8 Å². The molecule has 7 heteroatoms. The van der Waals surface area contributed by atoms with Crippen LogP contribution in [0.15, 0.2) is 47.7 Å². The van der Waals surface area contributed by atoms with Gasteiger partial charge in [-0.2, -0.15) is 0 Å². The van der Waals surface area contributed by atoms with Crippen LogP contribution in [0.4, 0.5) is 16.2 Å². The van der Waals surface area contributed by atoms with Crippen LogP contribution in [0.2, 0.25) is 0 Å². The van der Waals surface area contributed by atoms with Gasteiger partial charge in [0, 0.05) is 17.8 Å². The van der Waals surface area contributed by atoms with Crippen LogP contribution in [0.3, 0.4) is 0 Å². The predicted molar refractivity (Wildman–Crippen MR) is 155 cm³/mol. The molecule has 39 heavy (non-hydrogen) atoms. The summed E-state index contributed by atoms with van der Waals surface area (Å²) in [6, 6.07) is 7.61. The van der Waals surface area contributed by atoms with Crippen molar-refractivity contribution in [1.29, 1.82) is 0 Å². The largest absolute Gasteiger partial charge is 0.481 e. The van der Waals surface area contributed by atoms with Gasteiger partial charge in [-0.25, -0.2) is 4.79 Å². The van der Waals surface area contributed by atoms with Crippen LogP contribution in [0.25, 0.3) is 0 Å². The summed E-state index contributed by atoms with van der Waals surface area (Å²) < 4.78 is 0. The summed E-state index contributed by atoms with van der Waals surface area (Å²) in [4.78, 5) is 25.8. The first-order valence-electron chi connectivity index (χ1n) is 15.1. The number of hydrogen-bond donors (Lipinski definition) is 4. The van der Waals surface area contributed by atoms with E-state index in [9.17, 15) is 19.8 Å². The molecule has 5 unspecified atom stereocenters. The Bertz CT molecular complexity index is 1110. The number of allylic oxidation sites excluding steroid dienone is 3. The Balaban J connectivity index is 0.000000287. The minimum atomic E-state index is -1.12. The van der Waals surface area contributed by atoms with Crippen LogP contribution in [0.5, 0.6) is 0 Å². The first-order valence-corrected chi connectivity index (χ1v) is 15.1. The van der Waals surface area contributed by atoms with Gasteiger partial charge in [0.25, 0.3) is 0 Å². The maximum Gasteiger partial charge on any atom is 0.409 e. The van der Waals surface area contributed by atoms with Gasteiger partial charge < -0.3 is 20.4 Å². The van der Waals surface area contributed by atoms with Crippen molar-refractivity contribution in [2.24, 2.45) is 23.7 Å². The number of carboxylic acid groups (broad SMARTS) is 2. The summed E-state index contributed by atoms with van der Waals surface area (Å²) in [7, 11) is 0. The van der Waals surface area contributed by atoms with Crippen LogP contribution < -0.4 is 15.5 Å². The molecule has 4 N–H and O–H groups in total. The zero-order valence-electron chi connectivity index (χ0n) is 23.4. The molecule has 0 radical (unpaired) electrons. The second kappa shape index (κ2) is 12.1. The number of piperidine rings is 1. The number of nitrogens with one attached hydrogen (secondary N) is 2. The average Bonchev–Trinajstić information content (AvgIpc) is 3.17. The van der Waals surface area contributed by atoms with E-state index >= 15 is 0 Å². The number of nitrogens with zero attached hydrogens (tertiary/aromatic N) is 1. The van der Waals surface area contributed by atoms with E-state index < -0.39 is 18.0 Å². The third kappa shape index (κ3) is 6.28. The SMILES string of the molecule is CC1CC2=CCCC1C2.CC1CCC2=C[C@H](N(c3ccccc3NC(=O)O)C3CCCC[C@H]3C(=O)O)CC1N2. The zero-order chi connectivity index (χ0) is 27.5. The molecule has 2 saturated carbocycles. The van der Waals surface area contributed by atoms with Gasteiger partial charge in [-0.1, -0.05) is 50.5 Å². The Hall–Kier alpha value is -2.96. The van der Waals surface area contributed by atoms with Crippen LogP contribution >= 0.6 is 0 Å². The van der Waals surface area contributed by atoms with Crippen molar-refractivity contribution in [3.8, 4) is 0 Å². The van der Waals surface area contributed by atoms with E-state index in [1.807, 2.05) is 12.1 Å². The summed E-state index contributed by atoms with van der Waals surface area (Å²) in [5.41, 5.74) is 4.26. The lowest BCUT2D eigenvalue weighted by molar-refractivity contribution is -0.143. The molecular weight excluding hydrogens is 490 g/mol. The first-order chi connectivity index (χ1) is 18.8. The Morgan fingerprint density at radius 2 is 1.79 bits per heavy atom. The second-order valence-electron chi connectivity index (χ2n) is 12.5. The number of anilines is 2. The molecule has 1 amide bonds. The molecular formula is C32H45N3O4. The molecule has 7 atom stereocenters. The second-order valence-corrected chi connectivity index (χ2v) is 12.5. The average molecular weight is 536 g/mol. The molecule has 3 aliphatic carbocycles. The molecule has 3 fully saturated rings. The van der Waals surface area contributed by atoms with E-state index in [1.54, 1.807) is 17.7 Å². The van der Waals surface area contributed by atoms with Gasteiger partial charge in [0.2, 0.25) is 0 Å². The highest BCUT2D eigenvalue weighted by molar-refractivity contribution is 5.89. The standard InChI is InChI=1S/C23H31N3O4.C9H14/c1-14-10-11-15-12-16(13-19(14)24-15)26(20-8-4-2-6-17(20)22(27)28)21-9-5-3-7-18(21)25-23(29)30;1-7-5-8-3-2-4-9(7)6-8/h3,5,7,9,12,14,16-17,19-20,24-25H,2,4,6,8,10-11,13H2,1H3,(H,27,28)(H,29,30);3,7,9H,2,4-6H2,1H3/t14?,16-,17+,19?,20?;/m0./s1. The third-order valence-electron chi connectivity index (χ3n) is 9.88. The number of carboxylic acids is 1. The van der Waals surface area contributed by atoms with E-state index in [0.717, 1.165) is 56.0 Å². The number of rotatable bonds is 5. The van der Waals surface area contributed by atoms with Crippen molar-refractivity contribution >= 4 is 23.4 Å². The van der Waals surface area contributed by atoms with Gasteiger partial charge in [-0.15, -0.1) is 0 Å². The molecule has 2 heterocycles. The summed E-state index contributed by atoms with van der Waals surface area (Å²) in [6.45, 7) is 4.67. The van der Waals surface area contributed by atoms with Gasteiger partial charge in [-0.05, 0) is 93.7 Å². The van der Waals surface area contributed by atoms with Gasteiger partial charge in [0.05, 0.1) is 23.3 Å². The molecule has 0 spiro atoms. The van der Waals surface area contributed by atoms with E-state index in [-0.39, 0.29) is 12.1 Å². The smallest absolute Gasteiger partial charge is 0.409 e. The van der Waals surface area contributed by atoms with E-state index in [0.29, 0.717) is 24.1 Å². The summed E-state index contributed by atoms with van der Waals surface area (Å²) in [5.74, 6) is 1.40. The highest BCUT2D eigenvalue weighted by Crippen LogP contribution is 2.42. The van der Waals surface area contributed by atoms with Crippen molar-refractivity contribution in [2.45, 2.75) is 103 Å². The van der Waals surface area contributed by atoms with Gasteiger partial charge in [0.1, 0.15) is 0 Å². The Labute approximate surface area is 232 Å². The van der Waals surface area contributed by atoms with Crippen molar-refractivity contribution in [2.75, 3.05) is 10.2 Å². The fraction of sp³-hybridized carbons (Fsp3) is 0.625. The van der Waals surface area contributed by atoms with E-state index in [4.69, 9.17) is 0 Å². The topological polar surface area (TPSA) is 102 Å². The molecule has 0 aromatic heterocycles. The highest BCUT2D eigenvalue weighted by Gasteiger charge is 2.41. The maximum absolute atomic E-state index is 12.1. The zero-order valence-corrected chi connectivity index (χ0v) is 23.4. The Morgan fingerprint density at radius 3 is 2.54 bits per heavy atom. The molecule has 2 aliphatic heterocycles. The number of aliphatic carboxylic acids is 1. The summed E-state index contributed by atoms with van der Waals surface area (Å²) >= 11 is 0. The lowest BCUT2D eigenvalue weighted by atomic mass is 9.79. The first kappa shape index (κ1) is 27.6. The molecule has 5 aliphatic rings. The van der Waals surface area contributed by atoms with Crippen LogP contribution in [-0.4, -0.2) is 40.4 Å². The number of carbonyl (C=O) groups is 2. The van der Waals surface area contributed by atoms with Crippen molar-refractivity contribution in [3.05, 3.63) is 47.7 Å². The number of para-hydroxylation sites is 2. The fourth-order valence-electron chi connectivity index (χ4n) is 7.73. The summed E-state index contributed by atoms with van der Waals surface area (Å²) in [6.07, 6.45) is 15.7. The lowest BCUT2D eigenvalue weighted by Gasteiger charge is -2.48. The minimum Gasteiger partial charge on any atom is -0.481 e. The van der Waals surface area contributed by atoms with Gasteiger partial charge in [0.15, 0.2) is 0 Å². The minimum absolute atomic E-state index is 0.0377. The van der Waals surface area contributed by atoms with Crippen LogP contribution in [-0.2, 0) is 4.79 Å². The molecule has 1 aromatic rings. The van der Waals surface area contributed by atoms with Crippen molar-refractivity contribution in [3.63, 3.8) is 0 Å². The number of amides is 1. The molecule has 7 nitrogen and oxygen atoms in total. The van der Waals surface area contributed by atoms with Gasteiger partial charge in [-0.3, -0.25) is 10.1 Å². The van der Waals surface area contributed by atoms with Crippen LogP contribution in [0.1, 0.15) is 84.5 Å². The quantitative estimate of drug-likeness (QED) is 0.302. The number of benzene rings is 1. The summed E-state index contributed by atoms with van der Waals surface area (Å²) in [5, 5.41) is 25.5. The predicted octanol–water partition coefficient (Wildman–Crippen LogP) is 7.02. The van der Waals surface area contributed by atoms with Crippen molar-refractivity contribution in [1.82, 2.24) is 5.32 Å². The highest BCUT2D eigenvalue weighted by atomic mass is 16.4.